The van der Waals surface area contributed by atoms with Gasteiger partial charge < -0.3 is 26.1 Å². The number of methoxy groups -OCH3 is 1. The summed E-state index contributed by atoms with van der Waals surface area (Å²) < 4.78 is 4.61. The molecule has 2 heterocycles. The van der Waals surface area contributed by atoms with Gasteiger partial charge in [-0.1, -0.05) is 0 Å². The van der Waals surface area contributed by atoms with Gasteiger partial charge in [0.05, 0.1) is 30.7 Å². The normalized spacial score (nSPS) is 17.8. The monoisotopic (exact) mass is 358 g/mol. The molecule has 0 spiro atoms. The van der Waals surface area contributed by atoms with Crippen molar-refractivity contribution in [2.24, 2.45) is 5.73 Å². The number of aromatic amines is 1. The zero-order valence-electron chi connectivity index (χ0n) is 14.5. The number of benzene rings is 1. The van der Waals surface area contributed by atoms with Gasteiger partial charge in [0.1, 0.15) is 5.82 Å². The van der Waals surface area contributed by atoms with E-state index in [2.05, 4.69) is 30.7 Å². The van der Waals surface area contributed by atoms with E-state index in [1.54, 1.807) is 24.4 Å². The predicted molar refractivity (Wildman–Crippen MR) is 97.7 cm³/mol. The van der Waals surface area contributed by atoms with Crippen LogP contribution in [0, 0.1) is 0 Å². The van der Waals surface area contributed by atoms with E-state index in [4.69, 9.17) is 5.73 Å². The second kappa shape index (κ2) is 7.98. The number of anilines is 2. The lowest BCUT2D eigenvalue weighted by atomic mass is 10.1. The molecule has 6 N–H and O–H groups in total. The summed E-state index contributed by atoms with van der Waals surface area (Å²) in [6.07, 6.45) is 2.17. The van der Waals surface area contributed by atoms with Gasteiger partial charge in [-0.3, -0.25) is 10.1 Å². The molecule has 138 valence electrons. The van der Waals surface area contributed by atoms with Gasteiger partial charge in [-0.05, 0) is 31.2 Å². The summed E-state index contributed by atoms with van der Waals surface area (Å²) in [4.78, 5) is 31.3. The lowest BCUT2D eigenvalue weighted by Gasteiger charge is -2.13. The fourth-order valence-electron chi connectivity index (χ4n) is 2.73. The molecule has 26 heavy (non-hydrogen) atoms. The van der Waals surface area contributed by atoms with Crippen LogP contribution in [-0.2, 0) is 9.53 Å². The quantitative estimate of drug-likeness (QED) is 0.525. The van der Waals surface area contributed by atoms with Crippen molar-refractivity contribution in [3.8, 4) is 11.3 Å². The number of ether oxygens (including phenoxy) is 1. The lowest BCUT2D eigenvalue weighted by molar-refractivity contribution is -0.116. The first-order chi connectivity index (χ1) is 12.6. The lowest BCUT2D eigenvalue weighted by Crippen LogP contribution is -2.28. The summed E-state index contributed by atoms with van der Waals surface area (Å²) in [6.45, 7) is 1.26. The zero-order chi connectivity index (χ0) is 18.5. The van der Waals surface area contributed by atoms with Gasteiger partial charge in [-0.2, -0.15) is 0 Å². The van der Waals surface area contributed by atoms with Crippen LogP contribution in [0.25, 0.3) is 11.3 Å². The van der Waals surface area contributed by atoms with Crippen LogP contribution in [0.15, 0.2) is 24.4 Å². The Morgan fingerprint density at radius 1 is 1.42 bits per heavy atom. The number of aromatic nitrogens is 2. The third-order valence-electron chi connectivity index (χ3n) is 4.08. The number of carbonyl (C=O) groups excluding carboxylic acids is 2. The maximum atomic E-state index is 12.3. The second-order valence-corrected chi connectivity index (χ2v) is 6.02. The van der Waals surface area contributed by atoms with Crippen molar-refractivity contribution in [2.45, 2.75) is 18.9 Å². The van der Waals surface area contributed by atoms with Crippen LogP contribution in [0.4, 0.5) is 16.2 Å². The fraction of sp³-hybridized carbons (Fsp3) is 0.353. The Morgan fingerprint density at radius 3 is 3.08 bits per heavy atom. The Hall–Kier alpha value is -2.91. The Morgan fingerprint density at radius 2 is 2.27 bits per heavy atom. The van der Waals surface area contributed by atoms with Crippen LogP contribution in [-0.4, -0.2) is 42.2 Å². The highest BCUT2D eigenvalue weighted by molar-refractivity contribution is 5.97. The number of nitrogens with two attached hydrogens (primary N) is 1. The summed E-state index contributed by atoms with van der Waals surface area (Å²) in [7, 11) is 1.29. The molecule has 9 heteroatoms. The van der Waals surface area contributed by atoms with Gasteiger partial charge in [0, 0.05) is 24.2 Å². The number of H-pyrrole nitrogens is 1. The Balaban J connectivity index is 1.98. The molecule has 1 atom stereocenters. The summed E-state index contributed by atoms with van der Waals surface area (Å²) in [5, 5.41) is 8.72. The Bertz CT molecular complexity index is 804. The number of hydrogen-bond acceptors (Lipinski definition) is 6. The highest BCUT2D eigenvalue weighted by Gasteiger charge is 2.16. The molecule has 1 aliphatic rings. The molecule has 1 aromatic heterocycles. The van der Waals surface area contributed by atoms with Gasteiger partial charge >= 0.3 is 6.09 Å². The van der Waals surface area contributed by atoms with Gasteiger partial charge in [0.25, 0.3) is 0 Å². The van der Waals surface area contributed by atoms with E-state index in [1.807, 2.05) is 0 Å². The number of rotatable bonds is 1. The molecule has 0 fully saturated rings. The standard InChI is InChI=1S/C17H22N6O3/c1-26-17(25)21-10-4-5-11-13(7-10)22-15(24)3-2-6-19-8-12(18)16-20-9-14(11)23-16/h4-5,7,9,12,19H,2-3,6,8,18H2,1H3,(H,20,23)(H,21,25)(H,22,24)/t12-/m0/s1. The van der Waals surface area contributed by atoms with Crippen LogP contribution in [0.5, 0.6) is 0 Å². The third kappa shape index (κ3) is 4.19. The molecule has 0 saturated carbocycles. The first-order valence-corrected chi connectivity index (χ1v) is 8.37. The van der Waals surface area contributed by atoms with E-state index in [0.29, 0.717) is 43.1 Å². The molecule has 1 aromatic carbocycles. The van der Waals surface area contributed by atoms with Gasteiger partial charge in [-0.15, -0.1) is 0 Å². The zero-order valence-corrected chi connectivity index (χ0v) is 14.5. The SMILES string of the molecule is COC(=O)Nc1ccc2c(c1)NC(=O)CCCNC[C@H](N)c1ncc-2[nH]1. The van der Waals surface area contributed by atoms with E-state index >= 15 is 0 Å². The molecule has 3 rings (SSSR count). The fourth-order valence-corrected chi connectivity index (χ4v) is 2.73. The number of amides is 2. The van der Waals surface area contributed by atoms with E-state index in [-0.39, 0.29) is 11.9 Å². The minimum Gasteiger partial charge on any atom is -0.453 e. The van der Waals surface area contributed by atoms with E-state index < -0.39 is 6.09 Å². The topological polar surface area (TPSA) is 134 Å². The van der Waals surface area contributed by atoms with Crippen molar-refractivity contribution in [1.82, 2.24) is 15.3 Å². The van der Waals surface area contributed by atoms with Crippen molar-refractivity contribution >= 4 is 23.4 Å². The molecular weight excluding hydrogens is 336 g/mol. The molecular formula is C17H22N6O3. The van der Waals surface area contributed by atoms with Crippen LogP contribution < -0.4 is 21.7 Å². The molecule has 9 nitrogen and oxygen atoms in total. The molecule has 2 aromatic rings. The van der Waals surface area contributed by atoms with E-state index in [1.165, 1.54) is 7.11 Å². The van der Waals surface area contributed by atoms with Crippen LogP contribution in [0.3, 0.4) is 0 Å². The smallest absolute Gasteiger partial charge is 0.411 e. The van der Waals surface area contributed by atoms with Gasteiger partial charge in [0.15, 0.2) is 0 Å². The van der Waals surface area contributed by atoms with Crippen LogP contribution in [0.2, 0.25) is 0 Å². The first-order valence-electron chi connectivity index (χ1n) is 8.37. The molecule has 0 saturated heterocycles. The number of nitrogens with zero attached hydrogens (tertiary/aromatic N) is 1. The molecule has 0 unspecified atom stereocenters. The number of fused-ring (bicyclic) bond motifs is 4. The number of imidazole rings is 1. The molecule has 0 aliphatic carbocycles. The van der Waals surface area contributed by atoms with Gasteiger partial charge in [0.2, 0.25) is 5.91 Å². The Labute approximate surface area is 150 Å². The van der Waals surface area contributed by atoms with Crippen molar-refractivity contribution < 1.29 is 14.3 Å². The summed E-state index contributed by atoms with van der Waals surface area (Å²) in [5.41, 5.74) is 8.71. The molecule has 2 amide bonds. The third-order valence-corrected chi connectivity index (χ3v) is 4.08. The van der Waals surface area contributed by atoms with Crippen molar-refractivity contribution in [2.75, 3.05) is 30.8 Å². The Kier molecular flexibility index (Phi) is 5.49. The highest BCUT2D eigenvalue weighted by atomic mass is 16.5. The minimum absolute atomic E-state index is 0.105. The largest absolute Gasteiger partial charge is 0.453 e. The molecule has 1 aliphatic heterocycles. The maximum Gasteiger partial charge on any atom is 0.411 e. The highest BCUT2D eigenvalue weighted by Crippen LogP contribution is 2.30. The average Bonchev–Trinajstić information content (AvgIpc) is 3.11. The average molecular weight is 358 g/mol. The van der Waals surface area contributed by atoms with Crippen molar-refractivity contribution in [1.29, 1.82) is 0 Å². The van der Waals surface area contributed by atoms with Crippen LogP contribution >= 0.6 is 0 Å². The van der Waals surface area contributed by atoms with Crippen molar-refractivity contribution in [3.63, 3.8) is 0 Å². The van der Waals surface area contributed by atoms with Gasteiger partial charge in [-0.25, -0.2) is 9.78 Å². The maximum absolute atomic E-state index is 12.3. The summed E-state index contributed by atoms with van der Waals surface area (Å²) in [6, 6.07) is 4.93. The number of carbonyl (C=O) groups is 2. The van der Waals surface area contributed by atoms with E-state index in [0.717, 1.165) is 11.3 Å². The predicted octanol–water partition coefficient (Wildman–Crippen LogP) is 1.58. The van der Waals surface area contributed by atoms with Crippen molar-refractivity contribution in [3.05, 3.63) is 30.2 Å². The molecule has 2 bridgehead atoms. The van der Waals surface area contributed by atoms with E-state index in [9.17, 15) is 9.59 Å². The molecule has 0 radical (unpaired) electrons. The summed E-state index contributed by atoms with van der Waals surface area (Å²) in [5.74, 6) is 0.562. The second-order valence-electron chi connectivity index (χ2n) is 6.02. The minimum atomic E-state index is -0.582. The first kappa shape index (κ1) is 17.9. The van der Waals surface area contributed by atoms with Crippen LogP contribution in [0.1, 0.15) is 24.7 Å². The summed E-state index contributed by atoms with van der Waals surface area (Å²) >= 11 is 0. The number of nitrogens with one attached hydrogen (secondary N) is 4. The number of hydrogen-bond donors (Lipinski definition) is 5.